The standard InChI is InChI=1S/C15H17FN2O2S2/c1-15(14-17-7-10-21-14)5-8-18(9-6-15)22(19,20)13-4-2-3-12(16)11-13/h2-4,7,10-11H,5-6,8-9H2,1H3. The van der Waals surface area contributed by atoms with Crippen LogP contribution in [0.5, 0.6) is 0 Å². The number of benzene rings is 1. The molecule has 2 aromatic rings. The van der Waals surface area contributed by atoms with E-state index in [0.717, 1.165) is 23.9 Å². The molecule has 1 aromatic heterocycles. The molecule has 0 spiro atoms. The van der Waals surface area contributed by atoms with E-state index >= 15 is 0 Å². The summed E-state index contributed by atoms with van der Waals surface area (Å²) in [4.78, 5) is 4.39. The van der Waals surface area contributed by atoms with Crippen molar-refractivity contribution < 1.29 is 12.8 Å². The highest BCUT2D eigenvalue weighted by molar-refractivity contribution is 7.89. The maximum absolute atomic E-state index is 13.3. The molecule has 0 radical (unpaired) electrons. The first-order valence-electron chi connectivity index (χ1n) is 7.07. The van der Waals surface area contributed by atoms with E-state index in [1.807, 2.05) is 5.38 Å². The van der Waals surface area contributed by atoms with Gasteiger partial charge >= 0.3 is 0 Å². The van der Waals surface area contributed by atoms with Gasteiger partial charge in [-0.25, -0.2) is 17.8 Å². The van der Waals surface area contributed by atoms with Crippen LogP contribution < -0.4 is 0 Å². The molecule has 1 aliphatic rings. The van der Waals surface area contributed by atoms with Crippen molar-refractivity contribution in [2.75, 3.05) is 13.1 Å². The van der Waals surface area contributed by atoms with Crippen LogP contribution in [-0.2, 0) is 15.4 Å². The van der Waals surface area contributed by atoms with E-state index in [-0.39, 0.29) is 10.3 Å². The van der Waals surface area contributed by atoms with E-state index in [1.54, 1.807) is 17.5 Å². The fourth-order valence-electron chi connectivity index (χ4n) is 2.73. The van der Waals surface area contributed by atoms with Crippen molar-refractivity contribution in [3.8, 4) is 0 Å². The number of halogens is 1. The van der Waals surface area contributed by atoms with Crippen LogP contribution in [0.25, 0.3) is 0 Å². The average Bonchev–Trinajstić information content (AvgIpc) is 3.03. The maximum Gasteiger partial charge on any atom is 0.243 e. The fraction of sp³-hybridized carbons (Fsp3) is 0.400. The molecule has 1 saturated heterocycles. The first-order valence-corrected chi connectivity index (χ1v) is 9.39. The topological polar surface area (TPSA) is 50.3 Å². The molecule has 2 heterocycles. The van der Waals surface area contributed by atoms with Gasteiger partial charge in [0.25, 0.3) is 0 Å². The van der Waals surface area contributed by atoms with Gasteiger partial charge in [0.05, 0.1) is 9.90 Å². The normalized spacial score (nSPS) is 19.2. The SMILES string of the molecule is CC1(c2nccs2)CCN(S(=O)(=O)c2cccc(F)c2)CC1. The van der Waals surface area contributed by atoms with Crippen molar-refractivity contribution in [2.24, 2.45) is 0 Å². The molecule has 0 N–H and O–H groups in total. The second-order valence-electron chi connectivity index (χ2n) is 5.76. The number of thiazole rings is 1. The molecule has 0 bridgehead atoms. The number of hydrogen-bond donors (Lipinski definition) is 0. The molecule has 0 saturated carbocycles. The number of aromatic nitrogens is 1. The van der Waals surface area contributed by atoms with Crippen LogP contribution in [0, 0.1) is 5.82 Å². The zero-order chi connectivity index (χ0) is 15.8. The lowest BCUT2D eigenvalue weighted by Gasteiger charge is -2.37. The Balaban J connectivity index is 1.79. The van der Waals surface area contributed by atoms with Gasteiger partial charge < -0.3 is 0 Å². The Labute approximate surface area is 133 Å². The Bertz CT molecular complexity index is 752. The molecule has 7 heteroatoms. The highest BCUT2D eigenvalue weighted by Crippen LogP contribution is 2.37. The third-order valence-corrected chi connectivity index (χ3v) is 7.18. The second kappa shape index (κ2) is 5.72. The van der Waals surface area contributed by atoms with Crippen molar-refractivity contribution in [3.63, 3.8) is 0 Å². The molecular formula is C15H17FN2O2S2. The zero-order valence-electron chi connectivity index (χ0n) is 12.2. The molecule has 0 atom stereocenters. The van der Waals surface area contributed by atoms with Gasteiger partial charge in [0.15, 0.2) is 0 Å². The first-order chi connectivity index (χ1) is 10.4. The Morgan fingerprint density at radius 1 is 1.32 bits per heavy atom. The molecule has 1 aromatic carbocycles. The van der Waals surface area contributed by atoms with Gasteiger partial charge in [-0.05, 0) is 31.0 Å². The smallest absolute Gasteiger partial charge is 0.243 e. The summed E-state index contributed by atoms with van der Waals surface area (Å²) in [5, 5.41) is 2.99. The van der Waals surface area contributed by atoms with E-state index in [4.69, 9.17) is 0 Å². The van der Waals surface area contributed by atoms with E-state index in [9.17, 15) is 12.8 Å². The molecule has 4 nitrogen and oxygen atoms in total. The average molecular weight is 340 g/mol. The van der Waals surface area contributed by atoms with Gasteiger partial charge in [-0.15, -0.1) is 11.3 Å². The van der Waals surface area contributed by atoms with E-state index < -0.39 is 15.8 Å². The lowest BCUT2D eigenvalue weighted by molar-refractivity contribution is 0.248. The molecular weight excluding hydrogens is 323 g/mol. The summed E-state index contributed by atoms with van der Waals surface area (Å²) in [7, 11) is -3.63. The van der Waals surface area contributed by atoms with Gasteiger partial charge in [-0.2, -0.15) is 4.31 Å². The van der Waals surface area contributed by atoms with Crippen molar-refractivity contribution in [1.29, 1.82) is 0 Å². The van der Waals surface area contributed by atoms with Crippen molar-refractivity contribution in [3.05, 3.63) is 46.7 Å². The summed E-state index contributed by atoms with van der Waals surface area (Å²) in [6, 6.07) is 5.18. The summed E-state index contributed by atoms with van der Waals surface area (Å²) in [6.45, 7) is 2.97. The van der Waals surface area contributed by atoms with Crippen LogP contribution in [0.2, 0.25) is 0 Å². The Morgan fingerprint density at radius 2 is 2.05 bits per heavy atom. The van der Waals surface area contributed by atoms with Gasteiger partial charge in [0.2, 0.25) is 10.0 Å². The van der Waals surface area contributed by atoms with Crippen LogP contribution in [0.1, 0.15) is 24.8 Å². The summed E-state index contributed by atoms with van der Waals surface area (Å²) in [5.74, 6) is -0.536. The molecule has 0 aliphatic carbocycles. The number of piperidine rings is 1. The van der Waals surface area contributed by atoms with E-state index in [0.29, 0.717) is 13.1 Å². The largest absolute Gasteiger partial charge is 0.249 e. The van der Waals surface area contributed by atoms with Crippen LogP contribution in [0.4, 0.5) is 4.39 Å². The number of nitrogens with zero attached hydrogens (tertiary/aromatic N) is 2. The Kier molecular flexibility index (Phi) is 4.05. The predicted octanol–water partition coefficient (Wildman–Crippen LogP) is 3.02. The zero-order valence-corrected chi connectivity index (χ0v) is 13.8. The quantitative estimate of drug-likeness (QED) is 0.863. The molecule has 1 fully saturated rings. The summed E-state index contributed by atoms with van der Waals surface area (Å²) in [5.41, 5.74) is -0.0812. The highest BCUT2D eigenvalue weighted by Gasteiger charge is 2.38. The van der Waals surface area contributed by atoms with Crippen molar-refractivity contribution in [2.45, 2.75) is 30.1 Å². The minimum Gasteiger partial charge on any atom is -0.249 e. The molecule has 118 valence electrons. The molecule has 22 heavy (non-hydrogen) atoms. The minimum atomic E-state index is -3.63. The monoisotopic (exact) mass is 340 g/mol. The van der Waals surface area contributed by atoms with Crippen LogP contribution in [0.3, 0.4) is 0 Å². The predicted molar refractivity (Wildman–Crippen MR) is 83.9 cm³/mol. The van der Waals surface area contributed by atoms with Gasteiger partial charge in [0.1, 0.15) is 5.82 Å². The van der Waals surface area contributed by atoms with Crippen molar-refractivity contribution in [1.82, 2.24) is 9.29 Å². The van der Waals surface area contributed by atoms with E-state index in [2.05, 4.69) is 11.9 Å². The van der Waals surface area contributed by atoms with Crippen LogP contribution in [0.15, 0.2) is 40.7 Å². The van der Waals surface area contributed by atoms with Gasteiger partial charge in [-0.1, -0.05) is 13.0 Å². The molecule has 1 aliphatic heterocycles. The molecule has 0 amide bonds. The van der Waals surface area contributed by atoms with Crippen LogP contribution >= 0.6 is 11.3 Å². The molecule has 3 rings (SSSR count). The van der Waals surface area contributed by atoms with Gasteiger partial charge in [0, 0.05) is 30.1 Å². The lowest BCUT2D eigenvalue weighted by atomic mass is 9.82. The number of sulfonamides is 1. The van der Waals surface area contributed by atoms with E-state index in [1.165, 1.54) is 22.5 Å². The maximum atomic E-state index is 13.3. The molecule has 0 unspecified atom stereocenters. The lowest BCUT2D eigenvalue weighted by Crippen LogP contribution is -2.43. The van der Waals surface area contributed by atoms with Gasteiger partial charge in [-0.3, -0.25) is 0 Å². The second-order valence-corrected chi connectivity index (χ2v) is 8.59. The summed E-state index contributed by atoms with van der Waals surface area (Å²) in [6.07, 6.45) is 3.21. The third-order valence-electron chi connectivity index (χ3n) is 4.21. The number of hydrogen-bond acceptors (Lipinski definition) is 4. The third kappa shape index (κ3) is 2.80. The highest BCUT2D eigenvalue weighted by atomic mass is 32.2. The van der Waals surface area contributed by atoms with Crippen molar-refractivity contribution >= 4 is 21.4 Å². The Hall–Kier alpha value is -1.31. The first kappa shape index (κ1) is 15.6. The Morgan fingerprint density at radius 3 is 2.64 bits per heavy atom. The summed E-state index contributed by atoms with van der Waals surface area (Å²) < 4.78 is 39.9. The summed E-state index contributed by atoms with van der Waals surface area (Å²) >= 11 is 1.61. The minimum absolute atomic E-state index is 0.0188. The van der Waals surface area contributed by atoms with Crippen LogP contribution in [-0.4, -0.2) is 30.8 Å². The fourth-order valence-corrected chi connectivity index (χ4v) is 5.07. The number of rotatable bonds is 3.